The predicted octanol–water partition coefficient (Wildman–Crippen LogP) is 4.26. The second-order valence-electron chi connectivity index (χ2n) is 5.94. The van der Waals surface area contributed by atoms with Gasteiger partial charge in [0, 0.05) is 12.6 Å². The Morgan fingerprint density at radius 2 is 2.00 bits per heavy atom. The molecular formula is C20H25NO2. The Labute approximate surface area is 138 Å². The van der Waals surface area contributed by atoms with Crippen LogP contribution in [0.3, 0.4) is 0 Å². The van der Waals surface area contributed by atoms with Gasteiger partial charge in [-0.1, -0.05) is 30.3 Å². The molecule has 0 saturated carbocycles. The van der Waals surface area contributed by atoms with Crippen molar-refractivity contribution in [3.8, 4) is 11.5 Å². The first-order valence-electron chi connectivity index (χ1n) is 8.42. The van der Waals surface area contributed by atoms with Crippen LogP contribution in [0.2, 0.25) is 0 Å². The summed E-state index contributed by atoms with van der Waals surface area (Å²) in [6.07, 6.45) is 3.65. The summed E-state index contributed by atoms with van der Waals surface area (Å²) in [5, 5.41) is 3.70. The van der Waals surface area contributed by atoms with Gasteiger partial charge in [-0.15, -0.1) is 0 Å². The molecule has 0 unspecified atom stereocenters. The van der Waals surface area contributed by atoms with Gasteiger partial charge in [-0.3, -0.25) is 0 Å². The molecule has 0 saturated heterocycles. The minimum Gasteiger partial charge on any atom is -0.493 e. The molecule has 0 radical (unpaired) electrons. The Morgan fingerprint density at radius 3 is 2.83 bits per heavy atom. The zero-order chi connectivity index (χ0) is 16.1. The summed E-state index contributed by atoms with van der Waals surface area (Å²) in [7, 11) is 1.68. The molecule has 0 heterocycles. The van der Waals surface area contributed by atoms with Gasteiger partial charge in [0.05, 0.1) is 13.7 Å². The largest absolute Gasteiger partial charge is 0.493 e. The Hall–Kier alpha value is -2.00. The normalized spacial score (nSPS) is 16.7. The lowest BCUT2D eigenvalue weighted by atomic mass is 9.87. The number of hydrogen-bond acceptors (Lipinski definition) is 3. The van der Waals surface area contributed by atoms with Crippen molar-refractivity contribution in [1.29, 1.82) is 0 Å². The summed E-state index contributed by atoms with van der Waals surface area (Å²) in [5.74, 6) is 1.61. The second kappa shape index (κ2) is 7.51. The molecule has 0 bridgehead atoms. The molecule has 3 rings (SSSR count). The van der Waals surface area contributed by atoms with Crippen LogP contribution in [0.5, 0.6) is 11.5 Å². The minimum absolute atomic E-state index is 0.442. The van der Waals surface area contributed by atoms with E-state index in [0.29, 0.717) is 12.6 Å². The van der Waals surface area contributed by atoms with Crippen LogP contribution in [0.4, 0.5) is 0 Å². The van der Waals surface area contributed by atoms with Crippen molar-refractivity contribution in [2.75, 3.05) is 13.7 Å². The molecule has 122 valence electrons. The summed E-state index contributed by atoms with van der Waals surface area (Å²) in [5.41, 5.74) is 4.16. The average Bonchev–Trinajstić information content (AvgIpc) is 2.60. The number of methoxy groups -OCH3 is 1. The maximum absolute atomic E-state index is 5.66. The fourth-order valence-electron chi connectivity index (χ4n) is 3.31. The average molecular weight is 311 g/mol. The van der Waals surface area contributed by atoms with Gasteiger partial charge in [0.15, 0.2) is 11.5 Å². The van der Waals surface area contributed by atoms with E-state index in [-0.39, 0.29) is 0 Å². The number of aryl methyl sites for hydroxylation is 1. The van der Waals surface area contributed by atoms with Crippen LogP contribution in [0.15, 0.2) is 42.5 Å². The Bertz CT molecular complexity index is 654. The standard InChI is InChI=1S/C20H25NO2/c1-3-23-20-13-15(11-12-19(20)22-2)14-21-18-10-6-8-16-7-4-5-9-17(16)18/h4-5,7,9,11-13,18,21H,3,6,8,10,14H2,1-2H3/t18-/m0/s1. The number of rotatable bonds is 6. The van der Waals surface area contributed by atoms with Crippen molar-refractivity contribution in [2.45, 2.75) is 38.8 Å². The molecule has 1 atom stereocenters. The third-order valence-electron chi connectivity index (χ3n) is 4.45. The van der Waals surface area contributed by atoms with Crippen molar-refractivity contribution < 1.29 is 9.47 Å². The molecular weight excluding hydrogens is 286 g/mol. The fraction of sp³-hybridized carbons (Fsp3) is 0.400. The lowest BCUT2D eigenvalue weighted by Crippen LogP contribution is -2.24. The summed E-state index contributed by atoms with van der Waals surface area (Å²) >= 11 is 0. The van der Waals surface area contributed by atoms with Gasteiger partial charge in [-0.25, -0.2) is 0 Å². The highest BCUT2D eigenvalue weighted by atomic mass is 16.5. The van der Waals surface area contributed by atoms with E-state index in [2.05, 4.69) is 41.7 Å². The van der Waals surface area contributed by atoms with Gasteiger partial charge < -0.3 is 14.8 Å². The van der Waals surface area contributed by atoms with Crippen LogP contribution in [0, 0.1) is 0 Å². The first-order valence-corrected chi connectivity index (χ1v) is 8.42. The topological polar surface area (TPSA) is 30.5 Å². The fourth-order valence-corrected chi connectivity index (χ4v) is 3.31. The summed E-state index contributed by atoms with van der Waals surface area (Å²) < 4.78 is 11.0. The maximum Gasteiger partial charge on any atom is 0.161 e. The Kier molecular flexibility index (Phi) is 5.19. The van der Waals surface area contributed by atoms with Crippen molar-refractivity contribution in [3.63, 3.8) is 0 Å². The predicted molar refractivity (Wildman–Crippen MR) is 93.1 cm³/mol. The van der Waals surface area contributed by atoms with Crippen LogP contribution in [-0.4, -0.2) is 13.7 Å². The van der Waals surface area contributed by atoms with Gasteiger partial charge in [0.2, 0.25) is 0 Å². The molecule has 0 aromatic heterocycles. The van der Waals surface area contributed by atoms with E-state index in [0.717, 1.165) is 18.0 Å². The molecule has 0 amide bonds. The third-order valence-corrected chi connectivity index (χ3v) is 4.45. The molecule has 1 N–H and O–H groups in total. The van der Waals surface area contributed by atoms with E-state index in [9.17, 15) is 0 Å². The number of ether oxygens (including phenoxy) is 2. The van der Waals surface area contributed by atoms with E-state index in [1.165, 1.54) is 36.0 Å². The SMILES string of the molecule is CCOc1cc(CN[C@H]2CCCc3ccccc32)ccc1OC. The molecule has 2 aromatic rings. The van der Waals surface area contributed by atoms with Gasteiger partial charge in [-0.05, 0) is 55.0 Å². The summed E-state index contributed by atoms with van der Waals surface area (Å²) in [6.45, 7) is 3.47. The molecule has 2 aromatic carbocycles. The summed E-state index contributed by atoms with van der Waals surface area (Å²) in [4.78, 5) is 0. The molecule has 0 fully saturated rings. The molecule has 1 aliphatic rings. The number of fused-ring (bicyclic) bond motifs is 1. The quantitative estimate of drug-likeness (QED) is 0.864. The monoisotopic (exact) mass is 311 g/mol. The number of hydrogen-bond donors (Lipinski definition) is 1. The molecule has 0 aliphatic heterocycles. The van der Waals surface area contributed by atoms with Crippen LogP contribution in [0.1, 0.15) is 42.5 Å². The molecule has 0 spiro atoms. The first-order chi connectivity index (χ1) is 11.3. The van der Waals surface area contributed by atoms with Crippen molar-refractivity contribution >= 4 is 0 Å². The van der Waals surface area contributed by atoms with E-state index in [4.69, 9.17) is 9.47 Å². The van der Waals surface area contributed by atoms with Crippen LogP contribution < -0.4 is 14.8 Å². The van der Waals surface area contributed by atoms with Crippen LogP contribution in [0.25, 0.3) is 0 Å². The number of benzene rings is 2. The third kappa shape index (κ3) is 3.67. The van der Waals surface area contributed by atoms with Crippen LogP contribution in [-0.2, 0) is 13.0 Å². The van der Waals surface area contributed by atoms with E-state index in [1.807, 2.05) is 13.0 Å². The Morgan fingerprint density at radius 1 is 1.13 bits per heavy atom. The van der Waals surface area contributed by atoms with E-state index in [1.54, 1.807) is 7.11 Å². The highest BCUT2D eigenvalue weighted by Crippen LogP contribution is 2.31. The van der Waals surface area contributed by atoms with Gasteiger partial charge in [0.25, 0.3) is 0 Å². The highest BCUT2D eigenvalue weighted by molar-refractivity contribution is 5.43. The van der Waals surface area contributed by atoms with Gasteiger partial charge in [0.1, 0.15) is 0 Å². The molecule has 23 heavy (non-hydrogen) atoms. The zero-order valence-electron chi connectivity index (χ0n) is 14.0. The lowest BCUT2D eigenvalue weighted by molar-refractivity contribution is 0.310. The smallest absolute Gasteiger partial charge is 0.161 e. The molecule has 3 heteroatoms. The van der Waals surface area contributed by atoms with E-state index < -0.39 is 0 Å². The number of nitrogens with one attached hydrogen (secondary N) is 1. The molecule has 1 aliphatic carbocycles. The van der Waals surface area contributed by atoms with E-state index >= 15 is 0 Å². The second-order valence-corrected chi connectivity index (χ2v) is 5.94. The Balaban J connectivity index is 1.70. The van der Waals surface area contributed by atoms with Crippen molar-refractivity contribution in [1.82, 2.24) is 5.32 Å². The van der Waals surface area contributed by atoms with Crippen molar-refractivity contribution in [2.24, 2.45) is 0 Å². The first kappa shape index (κ1) is 15.9. The minimum atomic E-state index is 0.442. The van der Waals surface area contributed by atoms with Gasteiger partial charge in [-0.2, -0.15) is 0 Å². The van der Waals surface area contributed by atoms with Crippen LogP contribution >= 0.6 is 0 Å². The zero-order valence-corrected chi connectivity index (χ0v) is 14.0. The lowest BCUT2D eigenvalue weighted by Gasteiger charge is -2.26. The van der Waals surface area contributed by atoms with Crippen molar-refractivity contribution in [3.05, 3.63) is 59.2 Å². The maximum atomic E-state index is 5.66. The molecule has 3 nitrogen and oxygen atoms in total. The highest BCUT2D eigenvalue weighted by Gasteiger charge is 2.19. The van der Waals surface area contributed by atoms with Gasteiger partial charge >= 0.3 is 0 Å². The summed E-state index contributed by atoms with van der Waals surface area (Å²) in [6, 6.07) is 15.4.